The minimum Gasteiger partial charge on any atom is -0.496 e. The van der Waals surface area contributed by atoms with Crippen LogP contribution < -0.4 is 10.1 Å². The number of hydrogen-bond acceptors (Lipinski definition) is 3. The lowest BCUT2D eigenvalue weighted by Gasteiger charge is -2.11. The van der Waals surface area contributed by atoms with Crippen LogP contribution in [0.2, 0.25) is 0 Å². The fourth-order valence-electron chi connectivity index (χ4n) is 2.70. The van der Waals surface area contributed by atoms with E-state index in [1.165, 1.54) is 0 Å². The number of hydrogen-bond donors (Lipinski definition) is 1. The molecule has 4 nitrogen and oxygen atoms in total. The zero-order valence-electron chi connectivity index (χ0n) is 14.8. The van der Waals surface area contributed by atoms with Crippen molar-refractivity contribution in [1.29, 1.82) is 5.26 Å². The molecule has 1 amide bonds. The normalized spacial score (nSPS) is 10.7. The summed E-state index contributed by atoms with van der Waals surface area (Å²) < 4.78 is 5.40. The summed E-state index contributed by atoms with van der Waals surface area (Å²) in [6.07, 6.45) is 1.80. The third kappa shape index (κ3) is 4.42. The molecule has 4 heteroatoms. The van der Waals surface area contributed by atoms with Crippen molar-refractivity contribution in [2.24, 2.45) is 0 Å². The lowest BCUT2D eigenvalue weighted by atomic mass is 10.0. The van der Waals surface area contributed by atoms with Crippen LogP contribution in [0.1, 0.15) is 16.7 Å². The highest BCUT2D eigenvalue weighted by atomic mass is 16.5. The van der Waals surface area contributed by atoms with Crippen molar-refractivity contribution in [3.63, 3.8) is 0 Å². The number of amides is 1. The van der Waals surface area contributed by atoms with Gasteiger partial charge in [0.2, 0.25) is 0 Å². The second-order valence-corrected chi connectivity index (χ2v) is 5.81. The smallest absolute Gasteiger partial charge is 0.256 e. The third-order valence-electron chi connectivity index (χ3n) is 4.02. The van der Waals surface area contributed by atoms with Gasteiger partial charge in [-0.3, -0.25) is 4.79 Å². The maximum Gasteiger partial charge on any atom is 0.256 e. The first-order valence-corrected chi connectivity index (χ1v) is 8.43. The second kappa shape index (κ2) is 8.50. The van der Waals surface area contributed by atoms with Crippen molar-refractivity contribution in [1.82, 2.24) is 0 Å². The van der Waals surface area contributed by atoms with Gasteiger partial charge in [0.15, 0.2) is 0 Å². The maximum atomic E-state index is 13.0. The molecule has 0 atom stereocenters. The van der Waals surface area contributed by atoms with Gasteiger partial charge in [0.1, 0.15) is 5.75 Å². The number of nitrogens with zero attached hydrogens (tertiary/aromatic N) is 1. The van der Waals surface area contributed by atoms with Gasteiger partial charge in [-0.1, -0.05) is 54.6 Å². The summed E-state index contributed by atoms with van der Waals surface area (Å²) >= 11 is 0. The highest BCUT2D eigenvalue weighted by molar-refractivity contribution is 6.29. The SMILES string of the molecule is COc1ccccc1/C=C(/C(=O)Nc1cccc(C#N)c1)c1ccccc1. The van der Waals surface area contributed by atoms with Crippen molar-refractivity contribution in [2.75, 3.05) is 12.4 Å². The Hall–Kier alpha value is -3.84. The van der Waals surface area contributed by atoms with Crippen molar-refractivity contribution in [3.05, 3.63) is 95.6 Å². The lowest BCUT2D eigenvalue weighted by Crippen LogP contribution is -2.13. The Labute approximate surface area is 158 Å². The lowest BCUT2D eigenvalue weighted by molar-refractivity contribution is -0.111. The molecule has 3 rings (SSSR count). The van der Waals surface area contributed by atoms with E-state index in [0.717, 1.165) is 11.1 Å². The van der Waals surface area contributed by atoms with E-state index in [4.69, 9.17) is 10.00 Å². The molecule has 0 saturated heterocycles. The summed E-state index contributed by atoms with van der Waals surface area (Å²) in [5.41, 5.74) is 3.16. The van der Waals surface area contributed by atoms with Crippen LogP contribution in [-0.4, -0.2) is 13.0 Å². The summed E-state index contributed by atoms with van der Waals surface area (Å²) in [5, 5.41) is 11.9. The fourth-order valence-corrected chi connectivity index (χ4v) is 2.70. The molecule has 0 bridgehead atoms. The van der Waals surface area contributed by atoms with Crippen molar-refractivity contribution in [2.45, 2.75) is 0 Å². The summed E-state index contributed by atoms with van der Waals surface area (Å²) in [6.45, 7) is 0. The first-order chi connectivity index (χ1) is 13.2. The zero-order valence-corrected chi connectivity index (χ0v) is 14.8. The Morgan fingerprint density at radius 3 is 2.48 bits per heavy atom. The minimum absolute atomic E-state index is 0.262. The van der Waals surface area contributed by atoms with Crippen molar-refractivity contribution < 1.29 is 9.53 Å². The molecule has 0 aromatic heterocycles. The molecule has 0 spiro atoms. The van der Waals surface area contributed by atoms with Gasteiger partial charge in [-0.05, 0) is 35.9 Å². The van der Waals surface area contributed by atoms with Gasteiger partial charge in [0.05, 0.1) is 18.7 Å². The van der Waals surface area contributed by atoms with Gasteiger partial charge in [-0.2, -0.15) is 5.26 Å². The van der Waals surface area contributed by atoms with Gasteiger partial charge in [-0.15, -0.1) is 0 Å². The maximum absolute atomic E-state index is 13.0. The molecule has 27 heavy (non-hydrogen) atoms. The average Bonchev–Trinajstić information content (AvgIpc) is 2.73. The van der Waals surface area contributed by atoms with Crippen LogP contribution in [0.25, 0.3) is 11.6 Å². The number of methoxy groups -OCH3 is 1. The summed E-state index contributed by atoms with van der Waals surface area (Å²) in [4.78, 5) is 13.0. The van der Waals surface area contributed by atoms with Gasteiger partial charge >= 0.3 is 0 Å². The number of anilines is 1. The Bertz CT molecular complexity index is 1020. The zero-order chi connectivity index (χ0) is 19.1. The molecule has 0 heterocycles. The Balaban J connectivity index is 2.01. The van der Waals surface area contributed by atoms with Crippen molar-refractivity contribution >= 4 is 23.2 Å². The largest absolute Gasteiger partial charge is 0.496 e. The van der Waals surface area contributed by atoms with Crippen LogP contribution in [0.15, 0.2) is 78.9 Å². The number of rotatable bonds is 5. The Morgan fingerprint density at radius 2 is 1.74 bits per heavy atom. The monoisotopic (exact) mass is 354 g/mol. The molecule has 132 valence electrons. The second-order valence-electron chi connectivity index (χ2n) is 5.81. The Kier molecular flexibility index (Phi) is 5.66. The highest BCUT2D eigenvalue weighted by Crippen LogP contribution is 2.26. The molecule has 0 fully saturated rings. The molecule has 0 aliphatic heterocycles. The average molecular weight is 354 g/mol. The molecule has 0 aliphatic carbocycles. The number of nitriles is 1. The van der Waals surface area contributed by atoms with Crippen LogP contribution in [0.5, 0.6) is 5.75 Å². The van der Waals surface area contributed by atoms with Crippen LogP contribution in [0.3, 0.4) is 0 Å². The van der Waals surface area contributed by atoms with E-state index in [9.17, 15) is 4.79 Å². The number of benzene rings is 3. The standard InChI is InChI=1S/C23H18N2O2/c1-27-22-13-6-5-11-19(22)15-21(18-9-3-2-4-10-18)23(26)25-20-12-7-8-17(14-20)16-24/h2-15H,1H3,(H,25,26)/b21-15+. The summed E-state index contributed by atoms with van der Waals surface area (Å²) in [7, 11) is 1.60. The van der Waals surface area contributed by atoms with Gasteiger partial charge in [-0.25, -0.2) is 0 Å². The van der Waals surface area contributed by atoms with Crippen LogP contribution in [-0.2, 0) is 4.79 Å². The van der Waals surface area contributed by atoms with E-state index < -0.39 is 0 Å². The van der Waals surface area contributed by atoms with E-state index in [1.807, 2.05) is 54.6 Å². The quantitative estimate of drug-likeness (QED) is 0.531. The fraction of sp³-hybridized carbons (Fsp3) is 0.0435. The van der Waals surface area contributed by atoms with Crippen molar-refractivity contribution in [3.8, 4) is 11.8 Å². The van der Waals surface area contributed by atoms with E-state index in [2.05, 4.69) is 11.4 Å². The topological polar surface area (TPSA) is 62.1 Å². The van der Waals surface area contributed by atoms with E-state index in [-0.39, 0.29) is 5.91 Å². The molecule has 3 aromatic carbocycles. The Morgan fingerprint density at radius 1 is 1.00 bits per heavy atom. The third-order valence-corrected chi connectivity index (χ3v) is 4.02. The van der Waals surface area contributed by atoms with E-state index >= 15 is 0 Å². The molecule has 1 N–H and O–H groups in total. The summed E-state index contributed by atoms with van der Waals surface area (Å²) in [6, 6.07) is 25.9. The molecule has 0 saturated carbocycles. The van der Waals surface area contributed by atoms with Crippen LogP contribution >= 0.6 is 0 Å². The van der Waals surface area contributed by atoms with Gasteiger partial charge in [0.25, 0.3) is 5.91 Å². The molecule has 0 unspecified atom stereocenters. The first-order valence-electron chi connectivity index (χ1n) is 8.43. The van der Waals surface area contributed by atoms with Gasteiger partial charge in [0, 0.05) is 16.8 Å². The predicted octanol–water partition coefficient (Wildman–Crippen LogP) is 4.75. The number of carbonyl (C=O) groups excluding carboxylic acids is 1. The molecular weight excluding hydrogens is 336 g/mol. The van der Waals surface area contributed by atoms with Gasteiger partial charge < -0.3 is 10.1 Å². The van der Waals surface area contributed by atoms with E-state index in [1.54, 1.807) is 37.5 Å². The molecular formula is C23H18N2O2. The predicted molar refractivity (Wildman–Crippen MR) is 107 cm³/mol. The molecule has 3 aromatic rings. The highest BCUT2D eigenvalue weighted by Gasteiger charge is 2.14. The van der Waals surface area contributed by atoms with Crippen LogP contribution in [0.4, 0.5) is 5.69 Å². The number of carbonyl (C=O) groups is 1. The minimum atomic E-state index is -0.262. The number of para-hydroxylation sites is 1. The van der Waals surface area contributed by atoms with E-state index in [0.29, 0.717) is 22.6 Å². The first kappa shape index (κ1) is 18.0. The summed E-state index contributed by atoms with van der Waals surface area (Å²) in [5.74, 6) is 0.424. The number of nitrogens with one attached hydrogen (secondary N) is 1. The number of ether oxygens (including phenoxy) is 1. The van der Waals surface area contributed by atoms with Crippen LogP contribution in [0, 0.1) is 11.3 Å². The molecule has 0 aliphatic rings. The molecule has 0 radical (unpaired) electrons.